The molecule has 0 unspecified atom stereocenters. The molecule has 0 N–H and O–H groups in total. The average Bonchev–Trinajstić information content (AvgIpc) is 2.68. The molecule has 0 amide bonds. The third-order valence-electron chi connectivity index (χ3n) is 6.15. The Labute approximate surface area is 236 Å². The molecule has 0 atom stereocenters. The monoisotopic (exact) mass is 522 g/mol. The minimum atomic E-state index is 0.606. The van der Waals surface area contributed by atoms with E-state index < -0.39 is 0 Å². The van der Waals surface area contributed by atoms with Crippen LogP contribution in [-0.2, 0) is 0 Å². The number of hydrogen-bond donors (Lipinski definition) is 0. The van der Waals surface area contributed by atoms with Gasteiger partial charge >= 0.3 is 0 Å². The number of nitrogens with zero attached hydrogens (tertiary/aromatic N) is 3. The Morgan fingerprint density at radius 2 is 0.486 bits per heavy atom. The maximum Gasteiger partial charge on any atom is 0.0276 e. The van der Waals surface area contributed by atoms with Gasteiger partial charge in [-0.05, 0) is 61.2 Å². The summed E-state index contributed by atoms with van der Waals surface area (Å²) in [6, 6.07) is 0. The zero-order valence-corrected chi connectivity index (χ0v) is 29.5. The first-order chi connectivity index (χ1) is 16.7. The Morgan fingerprint density at radius 1 is 0.324 bits per heavy atom. The number of aliphatic imine (C=N–C) groups is 3. The lowest BCUT2D eigenvalue weighted by Gasteiger charge is -2.17. The van der Waals surface area contributed by atoms with Crippen molar-refractivity contribution in [2.24, 2.45) is 62.3 Å². The van der Waals surface area contributed by atoms with Crippen molar-refractivity contribution < 1.29 is 0 Å². The van der Waals surface area contributed by atoms with Gasteiger partial charge in [0.25, 0.3) is 0 Å². The van der Waals surface area contributed by atoms with Crippen molar-refractivity contribution in [3.8, 4) is 0 Å². The second-order valence-corrected chi connectivity index (χ2v) is 12.6. The van der Waals surface area contributed by atoms with E-state index in [0.29, 0.717) is 47.3 Å². The summed E-state index contributed by atoms with van der Waals surface area (Å²) in [5.74, 6) is 5.06. The van der Waals surface area contributed by atoms with Gasteiger partial charge in [-0.25, -0.2) is 0 Å². The minimum Gasteiger partial charge on any atom is -0.297 e. The Morgan fingerprint density at radius 3 is 0.486 bits per heavy atom. The van der Waals surface area contributed by atoms with Gasteiger partial charge in [0.1, 0.15) is 0 Å². The van der Waals surface area contributed by atoms with E-state index >= 15 is 0 Å². The molecule has 0 aromatic rings. The van der Waals surface area contributed by atoms with Gasteiger partial charge in [0.2, 0.25) is 0 Å². The topological polar surface area (TPSA) is 37.1 Å². The SMILES string of the molecule is CC(C)=C(C(C)C)C(C)C.CN=C(C(C)C)C(C)C.CN=C(C(C)C)C(C)C.CN=C(C(C)C)C(C)C. The second kappa shape index (κ2) is 23.8. The van der Waals surface area contributed by atoms with E-state index in [-0.39, 0.29) is 0 Å². The first kappa shape index (κ1) is 42.8. The maximum atomic E-state index is 4.20. The highest BCUT2D eigenvalue weighted by Gasteiger charge is 2.09. The first-order valence-corrected chi connectivity index (χ1v) is 14.8. The zero-order chi connectivity index (χ0) is 30.6. The van der Waals surface area contributed by atoms with Crippen LogP contribution in [0.3, 0.4) is 0 Å². The summed E-state index contributed by atoms with van der Waals surface area (Å²) in [5, 5.41) is 0. The van der Waals surface area contributed by atoms with Gasteiger partial charge in [0.15, 0.2) is 0 Å². The van der Waals surface area contributed by atoms with Crippen molar-refractivity contribution in [2.75, 3.05) is 21.1 Å². The first-order valence-electron chi connectivity index (χ1n) is 14.8. The number of rotatable bonds is 8. The van der Waals surface area contributed by atoms with Crippen molar-refractivity contribution in [3.05, 3.63) is 11.1 Å². The standard InChI is InChI=1S/C10H20.3C8H17N/c1-7(2)10(8(3)4)9(5)6;3*1-6(2)8(9-5)7(3)4/h7-8H,1-6H3;3*6-7H,1-5H3. The number of hydrogen-bond acceptors (Lipinski definition) is 3. The molecule has 222 valence electrons. The fourth-order valence-electron chi connectivity index (χ4n) is 5.37. The van der Waals surface area contributed by atoms with E-state index in [2.05, 4.69) is 140 Å². The van der Waals surface area contributed by atoms with E-state index in [0.717, 1.165) is 0 Å². The van der Waals surface area contributed by atoms with E-state index in [4.69, 9.17) is 0 Å². The van der Waals surface area contributed by atoms with Gasteiger partial charge in [-0.1, -0.05) is 122 Å². The van der Waals surface area contributed by atoms with Gasteiger partial charge in [-0.2, -0.15) is 0 Å². The lowest BCUT2D eigenvalue weighted by atomic mass is 9.89. The minimum absolute atomic E-state index is 0.606. The van der Waals surface area contributed by atoms with Crippen LogP contribution in [0.25, 0.3) is 0 Å². The maximum absolute atomic E-state index is 4.20. The summed E-state index contributed by atoms with van der Waals surface area (Å²) >= 11 is 0. The van der Waals surface area contributed by atoms with Crippen molar-refractivity contribution in [3.63, 3.8) is 0 Å². The molecule has 37 heavy (non-hydrogen) atoms. The second-order valence-electron chi connectivity index (χ2n) is 12.6. The molecule has 0 saturated carbocycles. The predicted molar refractivity (Wildman–Crippen MR) is 177 cm³/mol. The van der Waals surface area contributed by atoms with Gasteiger partial charge in [-0.15, -0.1) is 0 Å². The molecule has 0 spiro atoms. The van der Waals surface area contributed by atoms with E-state index in [9.17, 15) is 0 Å². The summed E-state index contributed by atoms with van der Waals surface area (Å²) < 4.78 is 0. The van der Waals surface area contributed by atoms with Gasteiger partial charge in [-0.3, -0.25) is 15.0 Å². The van der Waals surface area contributed by atoms with Crippen LogP contribution < -0.4 is 0 Å². The third kappa shape index (κ3) is 22.4. The fraction of sp³-hybridized carbons (Fsp3) is 0.853. The van der Waals surface area contributed by atoms with Gasteiger partial charge in [0.05, 0.1) is 0 Å². The fourth-order valence-corrected chi connectivity index (χ4v) is 5.37. The summed E-state index contributed by atoms with van der Waals surface area (Å²) in [6.07, 6.45) is 0. The van der Waals surface area contributed by atoms with E-state index in [1.165, 1.54) is 22.7 Å². The molecular weight excluding hydrogens is 450 g/mol. The van der Waals surface area contributed by atoms with Crippen LogP contribution in [0.1, 0.15) is 125 Å². The molecule has 3 heteroatoms. The van der Waals surface area contributed by atoms with Crippen LogP contribution in [0.15, 0.2) is 26.1 Å². The van der Waals surface area contributed by atoms with E-state index in [1.807, 2.05) is 21.1 Å². The van der Waals surface area contributed by atoms with Gasteiger partial charge < -0.3 is 0 Å². The van der Waals surface area contributed by atoms with Crippen molar-refractivity contribution in [1.82, 2.24) is 0 Å². The third-order valence-corrected chi connectivity index (χ3v) is 6.15. The molecule has 0 aliphatic carbocycles. The van der Waals surface area contributed by atoms with Crippen molar-refractivity contribution in [2.45, 2.75) is 125 Å². The molecule has 0 rings (SSSR count). The Balaban J connectivity index is -0.000000196. The predicted octanol–water partition coefficient (Wildman–Crippen LogP) is 10.7. The molecule has 0 heterocycles. The summed E-state index contributed by atoms with van der Waals surface area (Å²) in [6.45, 7) is 39.7. The number of allylic oxidation sites excluding steroid dienone is 2. The van der Waals surface area contributed by atoms with Crippen molar-refractivity contribution >= 4 is 17.1 Å². The highest BCUT2D eigenvalue weighted by Crippen LogP contribution is 2.22. The van der Waals surface area contributed by atoms with Crippen LogP contribution in [-0.4, -0.2) is 38.3 Å². The molecule has 0 aliphatic heterocycles. The highest BCUT2D eigenvalue weighted by atomic mass is 14.7. The zero-order valence-electron chi connectivity index (χ0n) is 29.5. The lowest BCUT2D eigenvalue weighted by molar-refractivity contribution is 0.615. The highest BCUT2D eigenvalue weighted by molar-refractivity contribution is 5.88. The Bertz CT molecular complexity index is 557. The largest absolute Gasteiger partial charge is 0.297 e. The molecule has 0 saturated heterocycles. The molecule has 3 nitrogen and oxygen atoms in total. The van der Waals surface area contributed by atoms with Gasteiger partial charge in [0, 0.05) is 38.3 Å². The van der Waals surface area contributed by atoms with E-state index in [1.54, 1.807) is 5.57 Å². The molecule has 0 fully saturated rings. The molecule has 0 aliphatic rings. The molecular formula is C34H71N3. The quantitative estimate of drug-likeness (QED) is 0.225. The van der Waals surface area contributed by atoms with Crippen LogP contribution in [0.4, 0.5) is 0 Å². The summed E-state index contributed by atoms with van der Waals surface area (Å²) in [5.41, 5.74) is 7.05. The van der Waals surface area contributed by atoms with Crippen LogP contribution in [0.5, 0.6) is 0 Å². The Hall–Kier alpha value is -1.25. The summed E-state index contributed by atoms with van der Waals surface area (Å²) in [7, 11) is 5.61. The molecule has 0 radical (unpaired) electrons. The van der Waals surface area contributed by atoms with Crippen LogP contribution >= 0.6 is 0 Å². The molecule has 0 bridgehead atoms. The average molecular weight is 522 g/mol. The lowest BCUT2D eigenvalue weighted by Crippen LogP contribution is -2.14. The van der Waals surface area contributed by atoms with Crippen LogP contribution in [0, 0.1) is 47.3 Å². The molecule has 0 aromatic heterocycles. The normalized spacial score (nSPS) is 10.6. The van der Waals surface area contributed by atoms with Crippen molar-refractivity contribution in [1.29, 1.82) is 0 Å². The Kier molecular flexibility index (Phi) is 27.6. The summed E-state index contributed by atoms with van der Waals surface area (Å²) in [4.78, 5) is 12.6. The van der Waals surface area contributed by atoms with Crippen LogP contribution in [0.2, 0.25) is 0 Å². The smallest absolute Gasteiger partial charge is 0.0276 e. The molecule has 0 aromatic carbocycles.